The van der Waals surface area contributed by atoms with Gasteiger partial charge in [0, 0.05) is 25.6 Å². The standard InChI is InChI=1S/C22H26N2O3/c1-26-21-10-6-5-9-17(21)18-13-23-14-19(18)22(25)24-11-12-27-15-20(24)16-7-3-2-4-8-16/h2-10,18-20,23H,11-15H2,1H3/t18-,19+,20+/m0/s1. The molecule has 4 rings (SSSR count). The Morgan fingerprint density at radius 3 is 2.70 bits per heavy atom. The Morgan fingerprint density at radius 1 is 1.11 bits per heavy atom. The van der Waals surface area contributed by atoms with Crippen molar-refractivity contribution in [1.29, 1.82) is 0 Å². The van der Waals surface area contributed by atoms with Gasteiger partial charge in [-0.25, -0.2) is 0 Å². The Morgan fingerprint density at radius 2 is 1.89 bits per heavy atom. The minimum Gasteiger partial charge on any atom is -0.496 e. The van der Waals surface area contributed by atoms with E-state index in [2.05, 4.69) is 23.5 Å². The van der Waals surface area contributed by atoms with Crippen molar-refractivity contribution < 1.29 is 14.3 Å². The number of nitrogens with zero attached hydrogens (tertiary/aromatic N) is 1. The van der Waals surface area contributed by atoms with Crippen LogP contribution in [0.3, 0.4) is 0 Å². The van der Waals surface area contributed by atoms with Crippen LogP contribution in [0.4, 0.5) is 0 Å². The van der Waals surface area contributed by atoms with Crippen molar-refractivity contribution in [3.05, 3.63) is 65.7 Å². The van der Waals surface area contributed by atoms with E-state index in [1.165, 1.54) is 0 Å². The fourth-order valence-corrected chi connectivity index (χ4v) is 4.27. The van der Waals surface area contributed by atoms with Gasteiger partial charge in [0.25, 0.3) is 0 Å². The number of amides is 1. The number of carbonyl (C=O) groups excluding carboxylic acids is 1. The predicted molar refractivity (Wildman–Crippen MR) is 104 cm³/mol. The number of ether oxygens (including phenoxy) is 2. The fourth-order valence-electron chi connectivity index (χ4n) is 4.27. The molecule has 3 atom stereocenters. The summed E-state index contributed by atoms with van der Waals surface area (Å²) < 4.78 is 11.2. The molecule has 27 heavy (non-hydrogen) atoms. The quantitative estimate of drug-likeness (QED) is 0.904. The minimum atomic E-state index is -0.0920. The van der Waals surface area contributed by atoms with Crippen LogP contribution in [0.15, 0.2) is 54.6 Å². The summed E-state index contributed by atoms with van der Waals surface area (Å²) in [4.78, 5) is 15.6. The molecule has 2 aliphatic rings. The second-order valence-electron chi connectivity index (χ2n) is 7.15. The van der Waals surface area contributed by atoms with Crippen molar-refractivity contribution in [2.75, 3.05) is 40.0 Å². The van der Waals surface area contributed by atoms with Crippen LogP contribution in [-0.2, 0) is 9.53 Å². The number of rotatable bonds is 4. The van der Waals surface area contributed by atoms with Crippen molar-refractivity contribution in [2.45, 2.75) is 12.0 Å². The van der Waals surface area contributed by atoms with Crippen LogP contribution in [0, 0.1) is 5.92 Å². The van der Waals surface area contributed by atoms with Crippen LogP contribution in [0.25, 0.3) is 0 Å². The number of hydrogen-bond acceptors (Lipinski definition) is 4. The molecule has 2 fully saturated rings. The molecule has 0 radical (unpaired) electrons. The third kappa shape index (κ3) is 3.57. The predicted octanol–water partition coefficient (Wildman–Crippen LogP) is 2.60. The van der Waals surface area contributed by atoms with Crippen molar-refractivity contribution in [1.82, 2.24) is 10.2 Å². The zero-order valence-corrected chi connectivity index (χ0v) is 15.6. The van der Waals surface area contributed by atoms with Crippen LogP contribution >= 0.6 is 0 Å². The number of carbonyl (C=O) groups is 1. The van der Waals surface area contributed by atoms with E-state index >= 15 is 0 Å². The molecule has 0 saturated carbocycles. The van der Waals surface area contributed by atoms with E-state index in [9.17, 15) is 4.79 Å². The second-order valence-corrected chi connectivity index (χ2v) is 7.15. The highest BCUT2D eigenvalue weighted by molar-refractivity contribution is 5.81. The molecule has 0 unspecified atom stereocenters. The van der Waals surface area contributed by atoms with Crippen LogP contribution in [0.5, 0.6) is 5.75 Å². The second kappa shape index (κ2) is 8.11. The topological polar surface area (TPSA) is 50.8 Å². The number of methoxy groups -OCH3 is 1. The Hall–Kier alpha value is -2.37. The van der Waals surface area contributed by atoms with Gasteiger partial charge < -0.3 is 19.7 Å². The monoisotopic (exact) mass is 366 g/mol. The normalized spacial score (nSPS) is 25.4. The lowest BCUT2D eigenvalue weighted by atomic mass is 9.86. The number of para-hydroxylation sites is 1. The van der Waals surface area contributed by atoms with Gasteiger partial charge in [0.1, 0.15) is 5.75 Å². The van der Waals surface area contributed by atoms with E-state index in [4.69, 9.17) is 9.47 Å². The summed E-state index contributed by atoms with van der Waals surface area (Å²) in [6.45, 7) is 3.26. The first kappa shape index (κ1) is 18.0. The summed E-state index contributed by atoms with van der Waals surface area (Å²) in [6.07, 6.45) is 0. The molecule has 1 amide bonds. The van der Waals surface area contributed by atoms with Crippen LogP contribution in [0.1, 0.15) is 23.1 Å². The third-order valence-corrected chi connectivity index (χ3v) is 5.67. The summed E-state index contributed by atoms with van der Waals surface area (Å²) in [5.41, 5.74) is 2.23. The van der Waals surface area contributed by atoms with Crippen LogP contribution < -0.4 is 10.1 Å². The van der Waals surface area contributed by atoms with E-state index in [1.807, 2.05) is 41.3 Å². The smallest absolute Gasteiger partial charge is 0.228 e. The van der Waals surface area contributed by atoms with Gasteiger partial charge in [-0.2, -0.15) is 0 Å². The molecule has 2 aliphatic heterocycles. The summed E-state index contributed by atoms with van der Waals surface area (Å²) in [5, 5.41) is 3.41. The van der Waals surface area contributed by atoms with Gasteiger partial charge >= 0.3 is 0 Å². The van der Waals surface area contributed by atoms with Crippen molar-refractivity contribution in [3.63, 3.8) is 0 Å². The lowest BCUT2D eigenvalue weighted by molar-refractivity contribution is -0.144. The van der Waals surface area contributed by atoms with Crippen LogP contribution in [0.2, 0.25) is 0 Å². The molecule has 0 bridgehead atoms. The zero-order chi connectivity index (χ0) is 18.6. The number of benzene rings is 2. The molecular weight excluding hydrogens is 340 g/mol. The molecule has 1 N–H and O–H groups in total. The lowest BCUT2D eigenvalue weighted by Gasteiger charge is -2.38. The number of nitrogens with one attached hydrogen (secondary N) is 1. The molecule has 2 heterocycles. The van der Waals surface area contributed by atoms with Crippen molar-refractivity contribution in [2.24, 2.45) is 5.92 Å². The number of hydrogen-bond donors (Lipinski definition) is 1. The number of morpholine rings is 1. The molecule has 0 aromatic heterocycles. The molecule has 2 aromatic carbocycles. The summed E-state index contributed by atoms with van der Waals surface area (Å²) >= 11 is 0. The Balaban J connectivity index is 1.60. The van der Waals surface area contributed by atoms with Gasteiger partial charge in [-0.3, -0.25) is 4.79 Å². The van der Waals surface area contributed by atoms with Crippen molar-refractivity contribution in [3.8, 4) is 5.75 Å². The van der Waals surface area contributed by atoms with Gasteiger partial charge in [0.05, 0.1) is 32.3 Å². The van der Waals surface area contributed by atoms with Crippen molar-refractivity contribution >= 4 is 5.91 Å². The highest BCUT2D eigenvalue weighted by atomic mass is 16.5. The highest BCUT2D eigenvalue weighted by Crippen LogP contribution is 2.37. The Bertz CT molecular complexity index is 780. The van der Waals surface area contributed by atoms with Gasteiger partial charge in [0.2, 0.25) is 5.91 Å². The molecular formula is C22H26N2O3. The molecule has 2 saturated heterocycles. The van der Waals surface area contributed by atoms with E-state index in [-0.39, 0.29) is 23.8 Å². The van der Waals surface area contributed by atoms with E-state index in [1.54, 1.807) is 7.11 Å². The Kier molecular flexibility index (Phi) is 5.41. The van der Waals surface area contributed by atoms with E-state index < -0.39 is 0 Å². The van der Waals surface area contributed by atoms with Gasteiger partial charge in [-0.05, 0) is 17.2 Å². The SMILES string of the molecule is COc1ccccc1[C@@H]1CNC[C@H]1C(=O)N1CCOC[C@@H]1c1ccccc1. The first-order chi connectivity index (χ1) is 13.3. The summed E-state index contributed by atoms with van der Waals surface area (Å²) in [6, 6.07) is 18.2. The molecule has 5 heteroatoms. The molecule has 0 aliphatic carbocycles. The van der Waals surface area contributed by atoms with E-state index in [0.717, 1.165) is 23.4 Å². The largest absolute Gasteiger partial charge is 0.496 e. The summed E-state index contributed by atoms with van der Waals surface area (Å²) in [7, 11) is 1.69. The average molecular weight is 366 g/mol. The zero-order valence-electron chi connectivity index (χ0n) is 15.6. The molecule has 5 nitrogen and oxygen atoms in total. The summed E-state index contributed by atoms with van der Waals surface area (Å²) in [5.74, 6) is 1.08. The minimum absolute atomic E-state index is 0.0219. The molecule has 0 spiro atoms. The highest BCUT2D eigenvalue weighted by Gasteiger charge is 2.40. The van der Waals surface area contributed by atoms with Gasteiger partial charge in [-0.15, -0.1) is 0 Å². The van der Waals surface area contributed by atoms with Gasteiger partial charge in [0.15, 0.2) is 0 Å². The average Bonchev–Trinajstić information content (AvgIpc) is 3.23. The third-order valence-electron chi connectivity index (χ3n) is 5.67. The van der Waals surface area contributed by atoms with E-state index in [0.29, 0.717) is 26.3 Å². The maximum Gasteiger partial charge on any atom is 0.228 e. The molecule has 2 aromatic rings. The maximum atomic E-state index is 13.6. The molecule has 142 valence electrons. The lowest BCUT2D eigenvalue weighted by Crippen LogP contribution is -2.47. The fraction of sp³-hybridized carbons (Fsp3) is 0.409. The van der Waals surface area contributed by atoms with Crippen LogP contribution in [-0.4, -0.2) is 50.8 Å². The Labute approximate surface area is 160 Å². The first-order valence-electron chi connectivity index (χ1n) is 9.56. The first-order valence-corrected chi connectivity index (χ1v) is 9.56. The van der Waals surface area contributed by atoms with Gasteiger partial charge in [-0.1, -0.05) is 48.5 Å². The maximum absolute atomic E-state index is 13.6.